The van der Waals surface area contributed by atoms with Crippen LogP contribution in [0, 0.1) is 6.92 Å². The zero-order valence-corrected chi connectivity index (χ0v) is 15.8. The molecule has 0 unspecified atom stereocenters. The maximum atomic E-state index is 5.73. The van der Waals surface area contributed by atoms with Crippen LogP contribution in [0.5, 0.6) is 5.75 Å². The van der Waals surface area contributed by atoms with E-state index in [0.717, 1.165) is 39.7 Å². The van der Waals surface area contributed by atoms with Crippen molar-refractivity contribution < 1.29 is 4.74 Å². The molecule has 0 spiro atoms. The van der Waals surface area contributed by atoms with Crippen LogP contribution in [0.1, 0.15) is 5.82 Å². The van der Waals surface area contributed by atoms with Gasteiger partial charge in [0.25, 0.3) is 0 Å². The van der Waals surface area contributed by atoms with Gasteiger partial charge in [0, 0.05) is 5.69 Å². The molecule has 138 valence electrons. The molecule has 0 radical (unpaired) electrons. The van der Waals surface area contributed by atoms with Gasteiger partial charge in [-0.15, -0.1) is 12.4 Å². The predicted octanol–water partition coefficient (Wildman–Crippen LogP) is 4.85. The van der Waals surface area contributed by atoms with Crippen LogP contribution in [0.15, 0.2) is 66.7 Å². The number of nitrogens with zero attached hydrogens (tertiary/aromatic N) is 2. The average molecular weight is 381 g/mol. The average Bonchev–Trinajstić information content (AvgIpc) is 3.11. The number of ether oxygens (including phenoxy) is 1. The number of para-hydroxylation sites is 1. The summed E-state index contributed by atoms with van der Waals surface area (Å²) in [5.41, 5.74) is 3.97. The van der Waals surface area contributed by atoms with Crippen LogP contribution in [0.2, 0.25) is 0 Å². The summed E-state index contributed by atoms with van der Waals surface area (Å²) in [5, 5.41) is 3.36. The van der Waals surface area contributed by atoms with Crippen molar-refractivity contribution in [3.05, 3.63) is 72.6 Å². The molecule has 0 atom stereocenters. The zero-order valence-electron chi connectivity index (χ0n) is 15.0. The molecule has 0 fully saturated rings. The van der Waals surface area contributed by atoms with Gasteiger partial charge < -0.3 is 15.0 Å². The zero-order chi connectivity index (χ0) is 17.8. The van der Waals surface area contributed by atoms with Crippen LogP contribution in [-0.2, 0) is 0 Å². The molecule has 2 N–H and O–H groups in total. The van der Waals surface area contributed by atoms with Gasteiger partial charge in [-0.3, -0.25) is 0 Å². The number of halogens is 1. The maximum Gasteiger partial charge on any atom is 0.154 e. The third-order valence-corrected chi connectivity index (χ3v) is 4.08. The Morgan fingerprint density at radius 1 is 0.963 bits per heavy atom. The molecular formula is C21H21ClN4O. The van der Waals surface area contributed by atoms with E-state index in [4.69, 9.17) is 4.74 Å². The van der Waals surface area contributed by atoms with Crippen molar-refractivity contribution in [2.45, 2.75) is 6.92 Å². The fourth-order valence-electron chi connectivity index (χ4n) is 2.89. The second-order valence-electron chi connectivity index (χ2n) is 6.02. The number of aromatic nitrogens is 3. The first-order chi connectivity index (χ1) is 12.8. The Kier molecular flexibility index (Phi) is 5.94. The molecule has 27 heavy (non-hydrogen) atoms. The van der Waals surface area contributed by atoms with Gasteiger partial charge in [0.15, 0.2) is 5.82 Å². The van der Waals surface area contributed by atoms with Gasteiger partial charge in [-0.05, 0) is 30.7 Å². The molecule has 0 amide bonds. The van der Waals surface area contributed by atoms with Crippen LogP contribution in [0.4, 0.5) is 5.82 Å². The van der Waals surface area contributed by atoms with Crippen LogP contribution in [0.25, 0.3) is 22.3 Å². The van der Waals surface area contributed by atoms with E-state index in [1.165, 1.54) is 0 Å². The normalized spacial score (nSPS) is 10.4. The largest absolute Gasteiger partial charge is 0.492 e. The smallest absolute Gasteiger partial charge is 0.154 e. The lowest BCUT2D eigenvalue weighted by atomic mass is 10.2. The number of nitrogens with one attached hydrogen (secondary N) is 2. The molecule has 2 aromatic heterocycles. The molecule has 6 heteroatoms. The summed E-state index contributed by atoms with van der Waals surface area (Å²) >= 11 is 0. The summed E-state index contributed by atoms with van der Waals surface area (Å²) < 4.78 is 5.73. The first kappa shape index (κ1) is 18.7. The van der Waals surface area contributed by atoms with E-state index in [-0.39, 0.29) is 12.4 Å². The number of H-pyrrole nitrogens is 1. The standard InChI is InChI=1S/C21H20N4O.ClH/c1-15-23-19-14-18(16-8-4-2-5-9-16)25-20(19)21(24-15)22-12-13-26-17-10-6-3-7-11-17;/h2-11,14,25H,12-13H2,1H3,(H,22,23,24);1H. The highest BCUT2D eigenvalue weighted by molar-refractivity contribution is 5.90. The number of benzene rings is 2. The molecular weight excluding hydrogens is 360 g/mol. The topological polar surface area (TPSA) is 62.8 Å². The second kappa shape index (κ2) is 8.56. The van der Waals surface area contributed by atoms with Gasteiger partial charge in [-0.2, -0.15) is 0 Å². The van der Waals surface area contributed by atoms with Crippen molar-refractivity contribution in [1.29, 1.82) is 0 Å². The van der Waals surface area contributed by atoms with E-state index in [9.17, 15) is 0 Å². The first-order valence-corrected chi connectivity index (χ1v) is 8.64. The molecule has 2 aromatic carbocycles. The molecule has 0 saturated carbocycles. The lowest BCUT2D eigenvalue weighted by molar-refractivity contribution is 0.333. The minimum absolute atomic E-state index is 0. The highest BCUT2D eigenvalue weighted by atomic mass is 35.5. The minimum atomic E-state index is 0. The van der Waals surface area contributed by atoms with Crippen LogP contribution in [0.3, 0.4) is 0 Å². The molecule has 0 saturated heterocycles. The monoisotopic (exact) mass is 380 g/mol. The summed E-state index contributed by atoms with van der Waals surface area (Å²) in [5.74, 6) is 2.40. The van der Waals surface area contributed by atoms with Gasteiger partial charge in [0.05, 0.1) is 12.1 Å². The van der Waals surface area contributed by atoms with Crippen molar-refractivity contribution in [3.63, 3.8) is 0 Å². The second-order valence-corrected chi connectivity index (χ2v) is 6.02. The predicted molar refractivity (Wildman–Crippen MR) is 112 cm³/mol. The van der Waals surface area contributed by atoms with Gasteiger partial charge in [-0.1, -0.05) is 48.5 Å². The third kappa shape index (κ3) is 4.38. The van der Waals surface area contributed by atoms with Crippen molar-refractivity contribution in [3.8, 4) is 17.0 Å². The molecule has 0 aliphatic rings. The van der Waals surface area contributed by atoms with E-state index < -0.39 is 0 Å². The molecule has 0 aliphatic heterocycles. The fraction of sp³-hybridized carbons (Fsp3) is 0.143. The number of anilines is 1. The lowest BCUT2D eigenvalue weighted by Gasteiger charge is -2.09. The molecule has 2 heterocycles. The highest BCUT2D eigenvalue weighted by Crippen LogP contribution is 2.26. The number of aryl methyl sites for hydroxylation is 1. The van der Waals surface area contributed by atoms with Crippen LogP contribution >= 0.6 is 12.4 Å². The summed E-state index contributed by atoms with van der Waals surface area (Å²) in [6.07, 6.45) is 0. The molecule has 0 bridgehead atoms. The molecule has 5 nitrogen and oxygen atoms in total. The Balaban J connectivity index is 0.00000210. The van der Waals surface area contributed by atoms with E-state index in [0.29, 0.717) is 13.2 Å². The number of hydrogen-bond donors (Lipinski definition) is 2. The number of fused-ring (bicyclic) bond motifs is 1. The SMILES string of the molecule is Cc1nc(NCCOc2ccccc2)c2[nH]c(-c3ccccc3)cc2n1.Cl. The Morgan fingerprint density at radius 2 is 1.67 bits per heavy atom. The number of hydrogen-bond acceptors (Lipinski definition) is 4. The fourth-order valence-corrected chi connectivity index (χ4v) is 2.89. The van der Waals surface area contributed by atoms with Crippen molar-refractivity contribution in [2.24, 2.45) is 0 Å². The summed E-state index contributed by atoms with van der Waals surface area (Å²) in [4.78, 5) is 12.5. The minimum Gasteiger partial charge on any atom is -0.492 e. The molecule has 0 aliphatic carbocycles. The summed E-state index contributed by atoms with van der Waals surface area (Å²) in [6, 6.07) is 22.1. The summed E-state index contributed by atoms with van der Waals surface area (Å²) in [7, 11) is 0. The Hall–Kier alpha value is -3.05. The van der Waals surface area contributed by atoms with Crippen LogP contribution in [-0.4, -0.2) is 28.1 Å². The van der Waals surface area contributed by atoms with Gasteiger partial charge in [0.2, 0.25) is 0 Å². The number of aromatic amines is 1. The van der Waals surface area contributed by atoms with Gasteiger partial charge in [0.1, 0.15) is 23.7 Å². The van der Waals surface area contributed by atoms with Crippen molar-refractivity contribution in [2.75, 3.05) is 18.5 Å². The Morgan fingerprint density at radius 3 is 2.41 bits per heavy atom. The van der Waals surface area contributed by atoms with Crippen molar-refractivity contribution >= 4 is 29.3 Å². The highest BCUT2D eigenvalue weighted by Gasteiger charge is 2.10. The van der Waals surface area contributed by atoms with E-state index in [1.54, 1.807) is 0 Å². The number of rotatable bonds is 6. The van der Waals surface area contributed by atoms with E-state index >= 15 is 0 Å². The van der Waals surface area contributed by atoms with Crippen LogP contribution < -0.4 is 10.1 Å². The molecule has 4 rings (SSSR count). The Bertz CT molecular complexity index is 1000. The van der Waals surface area contributed by atoms with Crippen molar-refractivity contribution in [1.82, 2.24) is 15.0 Å². The quantitative estimate of drug-likeness (QED) is 0.469. The lowest BCUT2D eigenvalue weighted by Crippen LogP contribution is -2.13. The maximum absolute atomic E-state index is 5.73. The third-order valence-electron chi connectivity index (χ3n) is 4.08. The summed E-state index contributed by atoms with van der Waals surface area (Å²) in [6.45, 7) is 3.11. The van der Waals surface area contributed by atoms with Gasteiger partial charge in [-0.25, -0.2) is 9.97 Å². The van der Waals surface area contributed by atoms with E-state index in [2.05, 4.69) is 38.5 Å². The molecule has 4 aromatic rings. The first-order valence-electron chi connectivity index (χ1n) is 8.64. The van der Waals surface area contributed by atoms with Gasteiger partial charge >= 0.3 is 0 Å². The van der Waals surface area contributed by atoms with E-state index in [1.807, 2.05) is 55.5 Å². The Labute approximate surface area is 164 Å².